The van der Waals surface area contributed by atoms with Gasteiger partial charge in [-0.15, -0.1) is 0 Å². The fourth-order valence-electron chi connectivity index (χ4n) is 2.69. The van der Waals surface area contributed by atoms with Crippen LogP contribution in [0.5, 0.6) is 0 Å². The number of carbonyl (C=O) groups is 2. The zero-order chi connectivity index (χ0) is 17.6. The van der Waals surface area contributed by atoms with Crippen molar-refractivity contribution in [3.05, 3.63) is 29.7 Å². The number of alkyl halides is 3. The molecular formula is C13H12F3N5O3. The number of amides is 1. The molecule has 1 atom stereocenters. The molecule has 0 saturated carbocycles. The van der Waals surface area contributed by atoms with E-state index >= 15 is 0 Å². The number of carboxylic acids is 1. The van der Waals surface area contributed by atoms with Gasteiger partial charge in [0.25, 0.3) is 5.91 Å². The van der Waals surface area contributed by atoms with Gasteiger partial charge in [-0.2, -0.15) is 23.4 Å². The maximum Gasteiger partial charge on any atom is 0.410 e. The van der Waals surface area contributed by atoms with Gasteiger partial charge in [0.2, 0.25) is 0 Å². The Hall–Kier alpha value is -2.85. The van der Waals surface area contributed by atoms with Gasteiger partial charge in [-0.3, -0.25) is 14.4 Å². The molecule has 0 fully saturated rings. The normalized spacial score (nSPS) is 17.7. The summed E-state index contributed by atoms with van der Waals surface area (Å²) in [5.74, 6) is -2.17. The summed E-state index contributed by atoms with van der Waals surface area (Å²) < 4.78 is 41.1. The van der Waals surface area contributed by atoms with E-state index in [2.05, 4.69) is 10.2 Å². The molecule has 11 heteroatoms. The molecule has 1 unspecified atom stereocenters. The summed E-state index contributed by atoms with van der Waals surface area (Å²) in [6.07, 6.45) is -2.54. The van der Waals surface area contributed by atoms with E-state index in [0.717, 1.165) is 26.7 Å². The van der Waals surface area contributed by atoms with Crippen LogP contribution in [-0.2, 0) is 7.05 Å². The molecule has 128 valence electrons. The van der Waals surface area contributed by atoms with Crippen molar-refractivity contribution in [2.45, 2.75) is 18.6 Å². The van der Waals surface area contributed by atoms with Gasteiger partial charge in [0, 0.05) is 25.9 Å². The van der Waals surface area contributed by atoms with E-state index in [-0.39, 0.29) is 30.0 Å². The lowest BCUT2D eigenvalue weighted by molar-refractivity contribution is -0.172. The van der Waals surface area contributed by atoms with Crippen LogP contribution in [0.4, 0.5) is 19.0 Å². The van der Waals surface area contributed by atoms with Crippen molar-refractivity contribution in [2.24, 2.45) is 7.05 Å². The molecule has 24 heavy (non-hydrogen) atoms. The molecule has 3 heterocycles. The molecule has 1 N–H and O–H groups in total. The Bertz CT molecular complexity index is 810. The van der Waals surface area contributed by atoms with Crippen molar-refractivity contribution in [3.8, 4) is 0 Å². The van der Waals surface area contributed by atoms with Crippen molar-refractivity contribution in [3.63, 3.8) is 0 Å². The van der Waals surface area contributed by atoms with Gasteiger partial charge in [0.1, 0.15) is 11.4 Å². The number of anilines is 1. The number of carboxylic acid groups (broad SMARTS) is 1. The summed E-state index contributed by atoms with van der Waals surface area (Å²) >= 11 is 0. The van der Waals surface area contributed by atoms with Gasteiger partial charge in [-0.1, -0.05) is 0 Å². The van der Waals surface area contributed by atoms with Crippen molar-refractivity contribution in [2.75, 3.05) is 11.4 Å². The molecule has 0 aliphatic carbocycles. The summed E-state index contributed by atoms with van der Waals surface area (Å²) in [5.41, 5.74) is -0.644. The maximum atomic E-state index is 13.1. The summed E-state index contributed by atoms with van der Waals surface area (Å²) in [6, 6.07) is -0.548. The molecule has 0 saturated heterocycles. The Labute approximate surface area is 133 Å². The largest absolute Gasteiger partial charge is 0.478 e. The predicted octanol–water partition coefficient (Wildman–Crippen LogP) is 1.47. The minimum Gasteiger partial charge on any atom is -0.478 e. The van der Waals surface area contributed by atoms with E-state index in [4.69, 9.17) is 5.11 Å². The summed E-state index contributed by atoms with van der Waals surface area (Å²) in [5, 5.41) is 16.6. The molecule has 8 nitrogen and oxygen atoms in total. The monoisotopic (exact) mass is 343 g/mol. The molecule has 0 radical (unpaired) electrons. The highest BCUT2D eigenvalue weighted by molar-refractivity contribution is 6.10. The van der Waals surface area contributed by atoms with Crippen molar-refractivity contribution < 1.29 is 27.9 Å². The lowest BCUT2D eigenvalue weighted by Crippen LogP contribution is -2.43. The third-order valence-electron chi connectivity index (χ3n) is 3.73. The van der Waals surface area contributed by atoms with E-state index in [1.54, 1.807) is 0 Å². The molecule has 0 bridgehead atoms. The molecule has 1 aliphatic heterocycles. The molecule has 1 aliphatic rings. The Morgan fingerprint density at radius 3 is 2.71 bits per heavy atom. The van der Waals surface area contributed by atoms with E-state index in [1.807, 2.05) is 0 Å². The zero-order valence-corrected chi connectivity index (χ0v) is 12.4. The highest BCUT2D eigenvalue weighted by atomic mass is 19.4. The smallest absolute Gasteiger partial charge is 0.410 e. The highest BCUT2D eigenvalue weighted by Gasteiger charge is 2.46. The number of nitrogens with zero attached hydrogens (tertiary/aromatic N) is 5. The fraction of sp³-hybridized carbons (Fsp3) is 0.385. The maximum absolute atomic E-state index is 13.1. The lowest BCUT2D eigenvalue weighted by atomic mass is 10.1. The van der Waals surface area contributed by atoms with Crippen LogP contribution in [0.3, 0.4) is 0 Å². The number of rotatable bonds is 2. The average Bonchev–Trinajstić information content (AvgIpc) is 3.10. The van der Waals surface area contributed by atoms with Gasteiger partial charge in [-0.05, 0) is 6.42 Å². The Morgan fingerprint density at radius 2 is 2.08 bits per heavy atom. The number of aromatic nitrogens is 4. The van der Waals surface area contributed by atoms with E-state index in [1.165, 1.54) is 13.1 Å². The zero-order valence-electron chi connectivity index (χ0n) is 12.4. The second-order valence-corrected chi connectivity index (χ2v) is 5.31. The number of aryl methyl sites for hydroxylation is 1. The predicted molar refractivity (Wildman–Crippen MR) is 73.8 cm³/mol. The number of hydrogen-bond donors (Lipinski definition) is 1. The Kier molecular flexibility index (Phi) is 3.57. The standard InChI is InChI=1S/C13H12F3N5O3/c1-19-6-7(12(23)24)10(18-19)11(22)20-5-3-8(13(14,15)16)21-9(20)2-4-17-21/h2,4,6,8H,3,5H2,1H3,(H,23,24). The third kappa shape index (κ3) is 2.51. The molecular weight excluding hydrogens is 331 g/mol. The number of halogens is 3. The number of hydrogen-bond acceptors (Lipinski definition) is 4. The second kappa shape index (κ2) is 5.35. The van der Waals surface area contributed by atoms with Crippen molar-refractivity contribution >= 4 is 17.7 Å². The first-order valence-electron chi connectivity index (χ1n) is 6.89. The molecule has 2 aromatic heterocycles. The number of aromatic carboxylic acids is 1. The molecule has 3 rings (SSSR count). The first-order chi connectivity index (χ1) is 11.2. The second-order valence-electron chi connectivity index (χ2n) is 5.31. The molecule has 0 spiro atoms. The van der Waals surface area contributed by atoms with Gasteiger partial charge in [0.15, 0.2) is 11.7 Å². The number of carbonyl (C=O) groups excluding carboxylic acids is 1. The topological polar surface area (TPSA) is 93.2 Å². The number of fused-ring (bicyclic) bond motifs is 1. The van der Waals surface area contributed by atoms with E-state index < -0.39 is 24.1 Å². The SMILES string of the molecule is Cn1cc(C(=O)O)c(C(=O)N2CCC(C(F)(F)F)n3nccc32)n1. The minimum absolute atomic E-state index is 0.0458. The van der Waals surface area contributed by atoms with Crippen LogP contribution in [-0.4, -0.2) is 49.3 Å². The van der Waals surface area contributed by atoms with Crippen LogP contribution in [0.2, 0.25) is 0 Å². The van der Waals surface area contributed by atoms with Crippen LogP contribution < -0.4 is 4.90 Å². The van der Waals surface area contributed by atoms with Crippen molar-refractivity contribution in [1.29, 1.82) is 0 Å². The first kappa shape index (κ1) is 16.0. The van der Waals surface area contributed by atoms with Gasteiger partial charge in [0.05, 0.1) is 6.20 Å². The van der Waals surface area contributed by atoms with Crippen LogP contribution in [0, 0.1) is 0 Å². The van der Waals surface area contributed by atoms with Crippen LogP contribution in [0.25, 0.3) is 0 Å². The summed E-state index contributed by atoms with van der Waals surface area (Å²) in [6.45, 7) is -0.218. The van der Waals surface area contributed by atoms with E-state index in [0.29, 0.717) is 0 Å². The Balaban J connectivity index is 2.00. The average molecular weight is 343 g/mol. The first-order valence-corrected chi connectivity index (χ1v) is 6.89. The summed E-state index contributed by atoms with van der Waals surface area (Å²) in [7, 11) is 1.45. The molecule has 2 aromatic rings. The van der Waals surface area contributed by atoms with Crippen LogP contribution >= 0.6 is 0 Å². The van der Waals surface area contributed by atoms with Gasteiger partial charge < -0.3 is 5.11 Å². The van der Waals surface area contributed by atoms with E-state index in [9.17, 15) is 22.8 Å². The molecule has 0 aromatic carbocycles. The minimum atomic E-state index is -4.49. The third-order valence-corrected chi connectivity index (χ3v) is 3.73. The lowest BCUT2D eigenvalue weighted by Gasteiger charge is -2.33. The van der Waals surface area contributed by atoms with Gasteiger partial charge in [-0.25, -0.2) is 9.48 Å². The van der Waals surface area contributed by atoms with Crippen LogP contribution in [0.1, 0.15) is 33.3 Å². The Morgan fingerprint density at radius 1 is 1.38 bits per heavy atom. The quantitative estimate of drug-likeness (QED) is 0.891. The van der Waals surface area contributed by atoms with Crippen LogP contribution in [0.15, 0.2) is 18.5 Å². The highest BCUT2D eigenvalue weighted by Crippen LogP contribution is 2.39. The fourth-order valence-corrected chi connectivity index (χ4v) is 2.69. The van der Waals surface area contributed by atoms with Crippen molar-refractivity contribution in [1.82, 2.24) is 19.6 Å². The molecule has 1 amide bonds. The van der Waals surface area contributed by atoms with Gasteiger partial charge >= 0.3 is 12.1 Å². The summed E-state index contributed by atoms with van der Waals surface area (Å²) in [4.78, 5) is 24.9.